The van der Waals surface area contributed by atoms with E-state index in [9.17, 15) is 0 Å². The number of fused-ring (bicyclic) bond motifs is 1. The van der Waals surface area contributed by atoms with Crippen LogP contribution in [0.25, 0.3) is 28.5 Å². The van der Waals surface area contributed by atoms with Gasteiger partial charge in [-0.25, -0.2) is 9.97 Å². The van der Waals surface area contributed by atoms with E-state index in [1.165, 1.54) is 4.52 Å². The Morgan fingerprint density at radius 3 is 2.83 bits per heavy atom. The number of nitrogens with two attached hydrogens (primary N) is 1. The van der Waals surface area contributed by atoms with Gasteiger partial charge in [-0.2, -0.15) is 4.52 Å². The second-order valence-electron chi connectivity index (χ2n) is 5.02. The first-order valence-electron chi connectivity index (χ1n) is 6.97. The molecule has 0 aliphatic carbocycles. The van der Waals surface area contributed by atoms with E-state index in [1.807, 2.05) is 30.3 Å². The molecule has 0 saturated carbocycles. The minimum atomic E-state index is 0.263. The maximum atomic E-state index is 6.02. The zero-order valence-corrected chi connectivity index (χ0v) is 12.7. The van der Waals surface area contributed by atoms with Crippen molar-refractivity contribution in [2.45, 2.75) is 5.88 Å². The monoisotopic (exact) mass is 325 g/mol. The summed E-state index contributed by atoms with van der Waals surface area (Å²) in [6.45, 7) is 0. The highest BCUT2D eigenvalue weighted by molar-refractivity contribution is 6.17. The first kappa shape index (κ1) is 13.8. The van der Waals surface area contributed by atoms with Crippen molar-refractivity contribution in [1.29, 1.82) is 0 Å². The van der Waals surface area contributed by atoms with Crippen LogP contribution in [0.4, 0.5) is 5.95 Å². The van der Waals surface area contributed by atoms with Crippen molar-refractivity contribution >= 4 is 23.2 Å². The average molecular weight is 326 g/mol. The Morgan fingerprint density at radius 1 is 1.13 bits per heavy atom. The molecule has 4 aromatic rings. The smallest absolute Gasteiger partial charge is 0.223 e. The van der Waals surface area contributed by atoms with Crippen LogP contribution in [0.15, 0.2) is 53.1 Å². The summed E-state index contributed by atoms with van der Waals surface area (Å²) >= 11 is 5.89. The van der Waals surface area contributed by atoms with Crippen LogP contribution in [0.2, 0.25) is 0 Å². The highest BCUT2D eigenvalue weighted by Crippen LogP contribution is 2.24. The molecule has 2 N–H and O–H groups in total. The van der Waals surface area contributed by atoms with E-state index >= 15 is 0 Å². The van der Waals surface area contributed by atoms with E-state index in [1.54, 1.807) is 18.4 Å². The van der Waals surface area contributed by atoms with Gasteiger partial charge in [0.2, 0.25) is 11.8 Å². The van der Waals surface area contributed by atoms with Gasteiger partial charge in [0.1, 0.15) is 0 Å². The number of halogens is 1. The summed E-state index contributed by atoms with van der Waals surface area (Å²) in [5, 5.41) is 4.33. The first-order chi connectivity index (χ1) is 11.2. The minimum absolute atomic E-state index is 0.263. The van der Waals surface area contributed by atoms with Crippen molar-refractivity contribution in [2.24, 2.45) is 0 Å². The zero-order valence-electron chi connectivity index (χ0n) is 12.0. The summed E-state index contributed by atoms with van der Waals surface area (Å²) in [6, 6.07) is 13.3. The SMILES string of the molecule is Nc1nc(-c2cccc(CCl)c2)cc2nc(-c3ccco3)nn12. The van der Waals surface area contributed by atoms with E-state index in [4.69, 9.17) is 21.8 Å². The molecule has 1 aromatic carbocycles. The fraction of sp³-hybridized carbons (Fsp3) is 0.0625. The van der Waals surface area contributed by atoms with Gasteiger partial charge >= 0.3 is 0 Å². The maximum Gasteiger partial charge on any atom is 0.223 e. The molecular formula is C16H12ClN5O. The molecule has 0 radical (unpaired) electrons. The third-order valence-electron chi connectivity index (χ3n) is 3.47. The molecule has 0 saturated heterocycles. The van der Waals surface area contributed by atoms with Crippen LogP contribution < -0.4 is 5.73 Å². The lowest BCUT2D eigenvalue weighted by molar-refractivity contribution is 0.577. The lowest BCUT2D eigenvalue weighted by Gasteiger charge is -2.05. The highest BCUT2D eigenvalue weighted by Gasteiger charge is 2.13. The largest absolute Gasteiger partial charge is 0.461 e. The van der Waals surface area contributed by atoms with E-state index < -0.39 is 0 Å². The van der Waals surface area contributed by atoms with Crippen molar-refractivity contribution < 1.29 is 4.42 Å². The summed E-state index contributed by atoms with van der Waals surface area (Å²) in [5.74, 6) is 1.76. The van der Waals surface area contributed by atoms with E-state index in [0.717, 1.165) is 16.8 Å². The molecule has 3 aromatic heterocycles. The van der Waals surface area contributed by atoms with Crippen LogP contribution in [0, 0.1) is 0 Å². The van der Waals surface area contributed by atoms with Gasteiger partial charge in [0.25, 0.3) is 0 Å². The fourth-order valence-electron chi connectivity index (χ4n) is 2.38. The van der Waals surface area contributed by atoms with Crippen molar-refractivity contribution in [3.05, 3.63) is 54.3 Å². The number of nitrogens with zero attached hydrogens (tertiary/aromatic N) is 4. The maximum absolute atomic E-state index is 6.02. The molecule has 0 amide bonds. The van der Waals surface area contributed by atoms with E-state index in [2.05, 4.69) is 15.1 Å². The van der Waals surface area contributed by atoms with Gasteiger partial charge in [-0.3, -0.25) is 0 Å². The van der Waals surface area contributed by atoms with Gasteiger partial charge in [0.15, 0.2) is 11.4 Å². The standard InChI is InChI=1S/C16H12ClN5O/c17-9-10-3-1-4-11(7-10)12-8-14-20-15(13-5-2-6-23-13)21-22(14)16(18)19-12/h1-8H,9H2,(H2,18,19). The normalized spacial score (nSPS) is 11.2. The Bertz CT molecular complexity index is 977. The molecule has 114 valence electrons. The Hall–Kier alpha value is -2.86. The highest BCUT2D eigenvalue weighted by atomic mass is 35.5. The van der Waals surface area contributed by atoms with Gasteiger partial charge in [-0.05, 0) is 23.8 Å². The molecule has 7 heteroatoms. The van der Waals surface area contributed by atoms with Crippen molar-refractivity contribution in [3.63, 3.8) is 0 Å². The zero-order chi connectivity index (χ0) is 15.8. The second kappa shape index (κ2) is 5.40. The lowest BCUT2D eigenvalue weighted by atomic mass is 10.1. The average Bonchev–Trinajstić information content (AvgIpc) is 3.24. The molecule has 3 heterocycles. The Kier molecular flexibility index (Phi) is 3.24. The third kappa shape index (κ3) is 2.43. The number of nitrogen functional groups attached to an aromatic ring is 1. The third-order valence-corrected chi connectivity index (χ3v) is 3.78. The number of furan rings is 1. The summed E-state index contributed by atoms with van der Waals surface area (Å²) in [7, 11) is 0. The van der Waals surface area contributed by atoms with Gasteiger partial charge in [-0.15, -0.1) is 16.7 Å². The van der Waals surface area contributed by atoms with Crippen LogP contribution in [-0.4, -0.2) is 19.6 Å². The van der Waals surface area contributed by atoms with Crippen LogP contribution in [-0.2, 0) is 5.88 Å². The number of benzene rings is 1. The van der Waals surface area contributed by atoms with Gasteiger partial charge in [0.05, 0.1) is 12.0 Å². The number of aromatic nitrogens is 4. The molecule has 0 atom stereocenters. The van der Waals surface area contributed by atoms with Gasteiger partial charge in [0, 0.05) is 17.5 Å². The first-order valence-corrected chi connectivity index (χ1v) is 7.50. The molecule has 0 aliphatic heterocycles. The van der Waals surface area contributed by atoms with E-state index in [0.29, 0.717) is 23.1 Å². The Labute approximate surface area is 136 Å². The molecular weight excluding hydrogens is 314 g/mol. The van der Waals surface area contributed by atoms with Crippen LogP contribution in [0.3, 0.4) is 0 Å². The minimum Gasteiger partial charge on any atom is -0.461 e. The fourth-order valence-corrected chi connectivity index (χ4v) is 2.55. The predicted molar refractivity (Wildman–Crippen MR) is 87.9 cm³/mol. The number of hydrogen-bond acceptors (Lipinski definition) is 5. The van der Waals surface area contributed by atoms with Gasteiger partial charge in [-0.1, -0.05) is 18.2 Å². The molecule has 4 rings (SSSR count). The number of rotatable bonds is 3. The summed E-state index contributed by atoms with van der Waals surface area (Å²) < 4.78 is 6.81. The van der Waals surface area contributed by atoms with Crippen molar-refractivity contribution in [1.82, 2.24) is 19.6 Å². The topological polar surface area (TPSA) is 82.2 Å². The number of anilines is 1. The quantitative estimate of drug-likeness (QED) is 0.584. The van der Waals surface area contributed by atoms with Gasteiger partial charge < -0.3 is 10.2 Å². The van der Waals surface area contributed by atoms with Crippen LogP contribution >= 0.6 is 11.6 Å². The Balaban J connectivity index is 1.86. The Morgan fingerprint density at radius 2 is 2.04 bits per heavy atom. The molecule has 0 aliphatic rings. The summed E-state index contributed by atoms with van der Waals surface area (Å²) in [5.41, 5.74) is 9.30. The van der Waals surface area contributed by atoms with Crippen LogP contribution in [0.5, 0.6) is 0 Å². The number of hydrogen-bond donors (Lipinski definition) is 1. The molecule has 23 heavy (non-hydrogen) atoms. The lowest BCUT2D eigenvalue weighted by Crippen LogP contribution is -2.03. The van der Waals surface area contributed by atoms with E-state index in [-0.39, 0.29) is 5.95 Å². The molecule has 6 nitrogen and oxygen atoms in total. The number of alkyl halides is 1. The summed E-state index contributed by atoms with van der Waals surface area (Å²) in [4.78, 5) is 8.86. The molecule has 0 unspecified atom stereocenters. The predicted octanol–water partition coefficient (Wildman–Crippen LogP) is 3.37. The molecule has 0 spiro atoms. The van der Waals surface area contributed by atoms with Crippen molar-refractivity contribution in [3.8, 4) is 22.8 Å². The van der Waals surface area contributed by atoms with Crippen LogP contribution in [0.1, 0.15) is 5.56 Å². The molecule has 0 bridgehead atoms. The molecule has 0 fully saturated rings. The van der Waals surface area contributed by atoms with Crippen molar-refractivity contribution in [2.75, 3.05) is 5.73 Å². The second-order valence-corrected chi connectivity index (χ2v) is 5.28. The summed E-state index contributed by atoms with van der Waals surface area (Å²) in [6.07, 6.45) is 1.58.